The van der Waals surface area contributed by atoms with Gasteiger partial charge in [-0.3, -0.25) is 0 Å². The summed E-state index contributed by atoms with van der Waals surface area (Å²) in [4.78, 5) is 0. The largest absolute Gasteiger partial charge is 0.497 e. The summed E-state index contributed by atoms with van der Waals surface area (Å²) in [6.45, 7) is 1.69. The SMILES string of the molecule is CNC1CC(C2CCOC2)Oc2ccc(OC)cc21. The normalized spacial score (nSPS) is 29.7. The van der Waals surface area contributed by atoms with E-state index in [0.717, 1.165) is 37.6 Å². The molecule has 0 aromatic heterocycles. The minimum absolute atomic E-state index is 0.251. The molecular formula is C15H21NO3. The summed E-state index contributed by atoms with van der Waals surface area (Å²) in [6, 6.07) is 6.36. The van der Waals surface area contributed by atoms with Crippen LogP contribution in [0.1, 0.15) is 24.4 Å². The molecule has 3 unspecified atom stereocenters. The van der Waals surface area contributed by atoms with Crippen LogP contribution in [-0.4, -0.2) is 33.5 Å². The van der Waals surface area contributed by atoms with Gasteiger partial charge in [0, 0.05) is 30.6 Å². The van der Waals surface area contributed by atoms with Gasteiger partial charge in [0.15, 0.2) is 0 Å². The van der Waals surface area contributed by atoms with Crippen molar-refractivity contribution in [1.82, 2.24) is 5.32 Å². The molecule has 3 rings (SSSR count). The van der Waals surface area contributed by atoms with Crippen LogP contribution in [0.5, 0.6) is 11.5 Å². The fraction of sp³-hybridized carbons (Fsp3) is 0.600. The molecule has 19 heavy (non-hydrogen) atoms. The third-order valence-electron chi connectivity index (χ3n) is 4.18. The quantitative estimate of drug-likeness (QED) is 0.907. The number of methoxy groups -OCH3 is 1. The molecule has 1 saturated heterocycles. The molecule has 1 N–H and O–H groups in total. The summed E-state index contributed by atoms with van der Waals surface area (Å²) in [6.07, 6.45) is 2.35. The van der Waals surface area contributed by atoms with E-state index in [1.807, 2.05) is 19.2 Å². The number of hydrogen-bond acceptors (Lipinski definition) is 4. The predicted molar refractivity (Wildman–Crippen MR) is 72.8 cm³/mol. The number of ether oxygens (including phenoxy) is 3. The highest BCUT2D eigenvalue weighted by atomic mass is 16.5. The number of nitrogens with one attached hydrogen (secondary N) is 1. The molecule has 0 aliphatic carbocycles. The Hall–Kier alpha value is -1.26. The number of benzene rings is 1. The molecule has 0 radical (unpaired) electrons. The van der Waals surface area contributed by atoms with E-state index in [9.17, 15) is 0 Å². The number of hydrogen-bond donors (Lipinski definition) is 1. The molecule has 4 heteroatoms. The third-order valence-corrected chi connectivity index (χ3v) is 4.18. The van der Waals surface area contributed by atoms with Crippen LogP contribution in [0.2, 0.25) is 0 Å². The van der Waals surface area contributed by atoms with Crippen molar-refractivity contribution in [1.29, 1.82) is 0 Å². The van der Waals surface area contributed by atoms with Crippen molar-refractivity contribution < 1.29 is 14.2 Å². The molecule has 0 spiro atoms. The predicted octanol–water partition coefficient (Wildman–Crippen LogP) is 2.14. The highest BCUT2D eigenvalue weighted by Crippen LogP contribution is 2.39. The Balaban J connectivity index is 1.86. The van der Waals surface area contributed by atoms with E-state index in [0.29, 0.717) is 12.0 Å². The van der Waals surface area contributed by atoms with Crippen molar-refractivity contribution in [3.63, 3.8) is 0 Å². The molecule has 2 aliphatic rings. The number of rotatable bonds is 3. The maximum Gasteiger partial charge on any atom is 0.124 e. The van der Waals surface area contributed by atoms with Gasteiger partial charge in [0.25, 0.3) is 0 Å². The smallest absolute Gasteiger partial charge is 0.124 e. The first-order valence-corrected chi connectivity index (χ1v) is 6.91. The maximum atomic E-state index is 6.17. The average Bonchev–Trinajstić information content (AvgIpc) is 2.99. The molecule has 0 amide bonds. The lowest BCUT2D eigenvalue weighted by Gasteiger charge is -2.34. The second-order valence-electron chi connectivity index (χ2n) is 5.26. The first kappa shape index (κ1) is 12.8. The van der Waals surface area contributed by atoms with Gasteiger partial charge < -0.3 is 19.5 Å². The molecule has 2 heterocycles. The molecular weight excluding hydrogens is 242 g/mol. The van der Waals surface area contributed by atoms with Crippen LogP contribution in [0.4, 0.5) is 0 Å². The van der Waals surface area contributed by atoms with Gasteiger partial charge in [0.1, 0.15) is 17.6 Å². The average molecular weight is 263 g/mol. The Bertz CT molecular complexity index is 443. The van der Waals surface area contributed by atoms with E-state index in [-0.39, 0.29) is 6.10 Å². The van der Waals surface area contributed by atoms with Crippen molar-refractivity contribution >= 4 is 0 Å². The molecule has 4 nitrogen and oxygen atoms in total. The monoisotopic (exact) mass is 263 g/mol. The minimum Gasteiger partial charge on any atom is -0.497 e. The first-order chi connectivity index (χ1) is 9.31. The summed E-state index contributed by atoms with van der Waals surface area (Å²) in [7, 11) is 3.69. The highest BCUT2D eigenvalue weighted by molar-refractivity contribution is 5.43. The van der Waals surface area contributed by atoms with Crippen LogP contribution in [-0.2, 0) is 4.74 Å². The van der Waals surface area contributed by atoms with E-state index in [2.05, 4.69) is 11.4 Å². The van der Waals surface area contributed by atoms with Crippen LogP contribution in [0, 0.1) is 5.92 Å². The van der Waals surface area contributed by atoms with Gasteiger partial charge >= 0.3 is 0 Å². The third kappa shape index (κ3) is 2.42. The first-order valence-electron chi connectivity index (χ1n) is 6.91. The lowest BCUT2D eigenvalue weighted by molar-refractivity contribution is 0.0812. The van der Waals surface area contributed by atoms with Crippen LogP contribution in [0.15, 0.2) is 18.2 Å². The Morgan fingerprint density at radius 1 is 1.37 bits per heavy atom. The molecule has 3 atom stereocenters. The van der Waals surface area contributed by atoms with E-state index in [1.54, 1.807) is 7.11 Å². The Morgan fingerprint density at radius 3 is 2.95 bits per heavy atom. The second kappa shape index (κ2) is 5.39. The summed E-state index contributed by atoms with van der Waals surface area (Å²) in [5.74, 6) is 2.37. The van der Waals surface area contributed by atoms with E-state index in [1.165, 1.54) is 5.56 Å². The standard InChI is InChI=1S/C15H21NO3/c1-16-13-8-15(10-5-6-18-9-10)19-14-4-3-11(17-2)7-12(13)14/h3-4,7,10,13,15-16H,5-6,8-9H2,1-2H3. The fourth-order valence-electron chi connectivity index (χ4n) is 3.01. The Morgan fingerprint density at radius 2 is 2.26 bits per heavy atom. The molecule has 0 saturated carbocycles. The van der Waals surface area contributed by atoms with E-state index >= 15 is 0 Å². The highest BCUT2D eigenvalue weighted by Gasteiger charge is 2.34. The number of fused-ring (bicyclic) bond motifs is 1. The van der Waals surface area contributed by atoms with Gasteiger partial charge in [-0.05, 0) is 31.7 Å². The van der Waals surface area contributed by atoms with Crippen LogP contribution >= 0.6 is 0 Å². The molecule has 1 aromatic rings. The zero-order valence-corrected chi connectivity index (χ0v) is 11.5. The lowest BCUT2D eigenvalue weighted by atomic mass is 9.89. The molecule has 2 aliphatic heterocycles. The van der Waals surface area contributed by atoms with Crippen molar-refractivity contribution in [2.75, 3.05) is 27.4 Å². The van der Waals surface area contributed by atoms with Crippen molar-refractivity contribution in [3.05, 3.63) is 23.8 Å². The fourth-order valence-corrected chi connectivity index (χ4v) is 3.01. The van der Waals surface area contributed by atoms with Crippen molar-refractivity contribution in [2.45, 2.75) is 25.0 Å². The van der Waals surface area contributed by atoms with Gasteiger partial charge in [0.2, 0.25) is 0 Å². The molecule has 1 aromatic carbocycles. The van der Waals surface area contributed by atoms with Gasteiger partial charge in [-0.25, -0.2) is 0 Å². The van der Waals surface area contributed by atoms with E-state index in [4.69, 9.17) is 14.2 Å². The summed E-state index contributed by atoms with van der Waals surface area (Å²) >= 11 is 0. The van der Waals surface area contributed by atoms with Crippen LogP contribution in [0.25, 0.3) is 0 Å². The van der Waals surface area contributed by atoms with E-state index < -0.39 is 0 Å². The minimum atomic E-state index is 0.251. The molecule has 1 fully saturated rings. The van der Waals surface area contributed by atoms with Crippen molar-refractivity contribution in [3.8, 4) is 11.5 Å². The zero-order valence-electron chi connectivity index (χ0n) is 11.5. The van der Waals surface area contributed by atoms with Gasteiger partial charge in [0.05, 0.1) is 13.7 Å². The Kier molecular flexibility index (Phi) is 3.62. The molecule has 104 valence electrons. The second-order valence-corrected chi connectivity index (χ2v) is 5.26. The van der Waals surface area contributed by atoms with Crippen LogP contribution in [0.3, 0.4) is 0 Å². The summed E-state index contributed by atoms with van der Waals surface area (Å²) < 4.78 is 17.0. The van der Waals surface area contributed by atoms with Crippen LogP contribution < -0.4 is 14.8 Å². The topological polar surface area (TPSA) is 39.7 Å². The van der Waals surface area contributed by atoms with Gasteiger partial charge in [-0.1, -0.05) is 0 Å². The van der Waals surface area contributed by atoms with Gasteiger partial charge in [-0.15, -0.1) is 0 Å². The summed E-state index contributed by atoms with van der Waals surface area (Å²) in [5, 5.41) is 3.39. The van der Waals surface area contributed by atoms with Crippen molar-refractivity contribution in [2.24, 2.45) is 5.92 Å². The lowest BCUT2D eigenvalue weighted by Crippen LogP contribution is -2.36. The maximum absolute atomic E-state index is 6.17. The summed E-state index contributed by atoms with van der Waals surface area (Å²) in [5.41, 5.74) is 1.19. The van der Waals surface area contributed by atoms with Gasteiger partial charge in [-0.2, -0.15) is 0 Å². The Labute approximate surface area is 114 Å². The zero-order chi connectivity index (χ0) is 13.2. The molecule has 0 bridgehead atoms.